The zero-order valence-electron chi connectivity index (χ0n) is 13.0. The molecular formula is C16H32N2O. The third-order valence-corrected chi connectivity index (χ3v) is 4.29. The Morgan fingerprint density at radius 1 is 1.26 bits per heavy atom. The quantitative estimate of drug-likeness (QED) is 0.745. The lowest BCUT2D eigenvalue weighted by Crippen LogP contribution is -2.39. The molecule has 0 bridgehead atoms. The van der Waals surface area contributed by atoms with Crippen molar-refractivity contribution in [2.45, 2.75) is 71.8 Å². The zero-order chi connectivity index (χ0) is 14.3. The summed E-state index contributed by atoms with van der Waals surface area (Å²) in [5.41, 5.74) is 5.73. The van der Waals surface area contributed by atoms with E-state index >= 15 is 0 Å². The van der Waals surface area contributed by atoms with E-state index in [4.69, 9.17) is 5.73 Å². The van der Waals surface area contributed by atoms with E-state index in [1.165, 1.54) is 19.3 Å². The molecule has 0 aliphatic heterocycles. The molecule has 0 radical (unpaired) electrons. The molecular weight excluding hydrogens is 236 g/mol. The van der Waals surface area contributed by atoms with Gasteiger partial charge in [-0.3, -0.25) is 4.79 Å². The van der Waals surface area contributed by atoms with E-state index < -0.39 is 0 Å². The standard InChI is InChI=1S/C16H32N2O/c1-12(2)6-4-7-13(3)18-16(19)15-9-5-8-14(10-15)11-17/h12-15H,4-11,17H2,1-3H3,(H,18,19). The average Bonchev–Trinajstić information content (AvgIpc) is 2.38. The lowest BCUT2D eigenvalue weighted by molar-refractivity contribution is -0.127. The molecule has 1 aliphatic carbocycles. The van der Waals surface area contributed by atoms with Gasteiger partial charge in [0.25, 0.3) is 0 Å². The van der Waals surface area contributed by atoms with Crippen LogP contribution in [0.4, 0.5) is 0 Å². The largest absolute Gasteiger partial charge is 0.353 e. The summed E-state index contributed by atoms with van der Waals surface area (Å²) in [7, 11) is 0. The van der Waals surface area contributed by atoms with Gasteiger partial charge >= 0.3 is 0 Å². The number of nitrogens with two attached hydrogens (primary N) is 1. The predicted octanol–water partition coefficient (Wildman–Crippen LogP) is 3.08. The van der Waals surface area contributed by atoms with Gasteiger partial charge in [0.2, 0.25) is 5.91 Å². The Morgan fingerprint density at radius 2 is 2.00 bits per heavy atom. The third-order valence-electron chi connectivity index (χ3n) is 4.29. The summed E-state index contributed by atoms with van der Waals surface area (Å²) < 4.78 is 0. The topological polar surface area (TPSA) is 55.1 Å². The van der Waals surface area contributed by atoms with Gasteiger partial charge in [0, 0.05) is 12.0 Å². The Hall–Kier alpha value is -0.570. The van der Waals surface area contributed by atoms with Crippen LogP contribution in [0.5, 0.6) is 0 Å². The molecule has 3 N–H and O–H groups in total. The molecule has 3 atom stereocenters. The minimum Gasteiger partial charge on any atom is -0.353 e. The van der Waals surface area contributed by atoms with Crippen LogP contribution in [-0.2, 0) is 4.79 Å². The fourth-order valence-electron chi connectivity index (χ4n) is 3.01. The Labute approximate surface area is 118 Å². The molecule has 1 amide bonds. The first-order chi connectivity index (χ1) is 9.02. The second-order valence-corrected chi connectivity index (χ2v) is 6.70. The highest BCUT2D eigenvalue weighted by atomic mass is 16.1. The molecule has 1 fully saturated rings. The van der Waals surface area contributed by atoms with Gasteiger partial charge in [0.05, 0.1) is 0 Å². The first-order valence-electron chi connectivity index (χ1n) is 8.03. The van der Waals surface area contributed by atoms with Gasteiger partial charge in [-0.05, 0) is 51.0 Å². The number of carbonyl (C=O) groups excluding carboxylic acids is 1. The van der Waals surface area contributed by atoms with E-state index in [0.717, 1.165) is 38.1 Å². The van der Waals surface area contributed by atoms with Crippen molar-refractivity contribution in [3.8, 4) is 0 Å². The van der Waals surface area contributed by atoms with E-state index in [0.29, 0.717) is 12.0 Å². The van der Waals surface area contributed by atoms with E-state index in [2.05, 4.69) is 26.1 Å². The first kappa shape index (κ1) is 16.5. The molecule has 0 aromatic carbocycles. The molecule has 0 aromatic rings. The molecule has 112 valence electrons. The van der Waals surface area contributed by atoms with E-state index in [-0.39, 0.29) is 11.8 Å². The predicted molar refractivity (Wildman–Crippen MR) is 80.8 cm³/mol. The zero-order valence-corrected chi connectivity index (χ0v) is 13.0. The molecule has 0 spiro atoms. The second-order valence-electron chi connectivity index (χ2n) is 6.70. The van der Waals surface area contributed by atoms with Crippen molar-refractivity contribution in [1.82, 2.24) is 5.32 Å². The average molecular weight is 268 g/mol. The van der Waals surface area contributed by atoms with Gasteiger partial charge in [-0.1, -0.05) is 33.1 Å². The molecule has 1 saturated carbocycles. The third kappa shape index (κ3) is 6.42. The van der Waals surface area contributed by atoms with Crippen LogP contribution in [0.25, 0.3) is 0 Å². The van der Waals surface area contributed by atoms with Crippen molar-refractivity contribution in [3.63, 3.8) is 0 Å². The van der Waals surface area contributed by atoms with Crippen molar-refractivity contribution in [2.75, 3.05) is 6.54 Å². The number of carbonyl (C=O) groups is 1. The number of nitrogens with one attached hydrogen (secondary N) is 1. The summed E-state index contributed by atoms with van der Waals surface area (Å²) in [4.78, 5) is 12.2. The van der Waals surface area contributed by atoms with E-state index in [1.807, 2.05) is 0 Å². The van der Waals surface area contributed by atoms with Crippen molar-refractivity contribution in [1.29, 1.82) is 0 Å². The number of hydrogen-bond donors (Lipinski definition) is 2. The fraction of sp³-hybridized carbons (Fsp3) is 0.938. The van der Waals surface area contributed by atoms with Gasteiger partial charge < -0.3 is 11.1 Å². The molecule has 3 heteroatoms. The summed E-state index contributed by atoms with van der Waals surface area (Å²) >= 11 is 0. The summed E-state index contributed by atoms with van der Waals surface area (Å²) in [5, 5.41) is 3.19. The lowest BCUT2D eigenvalue weighted by Gasteiger charge is -2.28. The van der Waals surface area contributed by atoms with Gasteiger partial charge in [-0.2, -0.15) is 0 Å². The Kier molecular flexibility index (Phi) is 7.44. The van der Waals surface area contributed by atoms with Gasteiger partial charge in [0.15, 0.2) is 0 Å². The second kappa shape index (κ2) is 8.57. The van der Waals surface area contributed by atoms with Crippen molar-refractivity contribution < 1.29 is 4.79 Å². The molecule has 19 heavy (non-hydrogen) atoms. The van der Waals surface area contributed by atoms with Crippen LogP contribution in [0.3, 0.4) is 0 Å². The summed E-state index contributed by atoms with van der Waals surface area (Å²) in [6.07, 6.45) is 7.93. The van der Waals surface area contributed by atoms with Crippen LogP contribution >= 0.6 is 0 Å². The first-order valence-corrected chi connectivity index (χ1v) is 8.03. The van der Waals surface area contributed by atoms with Crippen LogP contribution in [0.1, 0.15) is 65.7 Å². The van der Waals surface area contributed by atoms with Crippen LogP contribution in [0.2, 0.25) is 0 Å². The Bertz CT molecular complexity index is 265. The Balaban J connectivity index is 2.25. The number of hydrogen-bond acceptors (Lipinski definition) is 2. The van der Waals surface area contributed by atoms with E-state index in [1.54, 1.807) is 0 Å². The number of rotatable bonds is 7. The molecule has 1 rings (SSSR count). The highest BCUT2D eigenvalue weighted by molar-refractivity contribution is 5.79. The maximum atomic E-state index is 12.2. The summed E-state index contributed by atoms with van der Waals surface area (Å²) in [6, 6.07) is 0.310. The highest BCUT2D eigenvalue weighted by Crippen LogP contribution is 2.28. The molecule has 1 aliphatic rings. The molecule has 0 heterocycles. The van der Waals surface area contributed by atoms with Crippen LogP contribution < -0.4 is 11.1 Å². The molecule has 0 saturated heterocycles. The molecule has 3 nitrogen and oxygen atoms in total. The van der Waals surface area contributed by atoms with Crippen molar-refractivity contribution in [2.24, 2.45) is 23.5 Å². The van der Waals surface area contributed by atoms with Gasteiger partial charge in [-0.25, -0.2) is 0 Å². The Morgan fingerprint density at radius 3 is 2.63 bits per heavy atom. The van der Waals surface area contributed by atoms with E-state index in [9.17, 15) is 4.79 Å². The fourth-order valence-corrected chi connectivity index (χ4v) is 3.01. The van der Waals surface area contributed by atoms with Gasteiger partial charge in [0.1, 0.15) is 0 Å². The normalized spacial score (nSPS) is 25.3. The lowest BCUT2D eigenvalue weighted by atomic mass is 9.81. The molecule has 3 unspecified atom stereocenters. The van der Waals surface area contributed by atoms with Crippen LogP contribution in [-0.4, -0.2) is 18.5 Å². The molecule has 0 aromatic heterocycles. The summed E-state index contributed by atoms with van der Waals surface area (Å²) in [6.45, 7) is 7.35. The monoisotopic (exact) mass is 268 g/mol. The minimum absolute atomic E-state index is 0.204. The number of amides is 1. The summed E-state index contributed by atoms with van der Waals surface area (Å²) in [5.74, 6) is 1.78. The SMILES string of the molecule is CC(C)CCCC(C)NC(=O)C1CCCC(CN)C1. The van der Waals surface area contributed by atoms with Crippen molar-refractivity contribution >= 4 is 5.91 Å². The smallest absolute Gasteiger partial charge is 0.223 e. The highest BCUT2D eigenvalue weighted by Gasteiger charge is 2.26. The maximum absolute atomic E-state index is 12.2. The maximum Gasteiger partial charge on any atom is 0.223 e. The van der Waals surface area contributed by atoms with Crippen LogP contribution in [0, 0.1) is 17.8 Å². The van der Waals surface area contributed by atoms with Crippen molar-refractivity contribution in [3.05, 3.63) is 0 Å². The van der Waals surface area contributed by atoms with Crippen LogP contribution in [0.15, 0.2) is 0 Å². The minimum atomic E-state index is 0.204. The van der Waals surface area contributed by atoms with Gasteiger partial charge in [-0.15, -0.1) is 0 Å².